The third kappa shape index (κ3) is 8.02. The lowest BCUT2D eigenvalue weighted by atomic mass is 9.93. The molecule has 1 amide bonds. The van der Waals surface area contributed by atoms with E-state index >= 15 is 0 Å². The Bertz CT molecular complexity index is 1090. The van der Waals surface area contributed by atoms with Crippen LogP contribution in [-0.2, 0) is 18.6 Å². The van der Waals surface area contributed by atoms with Crippen molar-refractivity contribution in [2.45, 2.75) is 44.6 Å². The Balaban J connectivity index is 1.64. The minimum Gasteiger partial charge on any atom is -0.497 e. The fraction of sp³-hybridized carbons (Fsp3) is 0.321. The van der Waals surface area contributed by atoms with Gasteiger partial charge in [0, 0.05) is 12.1 Å². The molecular weight excluding hydrogens is 444 g/mol. The van der Waals surface area contributed by atoms with E-state index in [-0.39, 0.29) is 6.54 Å². The van der Waals surface area contributed by atoms with E-state index in [9.17, 15) is 15.0 Å². The molecule has 35 heavy (non-hydrogen) atoms. The first-order valence-electron chi connectivity index (χ1n) is 11.6. The van der Waals surface area contributed by atoms with E-state index in [0.29, 0.717) is 18.8 Å². The monoisotopic (exact) mass is 478 g/mol. The molecule has 186 valence electrons. The van der Waals surface area contributed by atoms with Crippen LogP contribution in [0, 0.1) is 0 Å². The number of hydrogen-bond acceptors (Lipinski definition) is 5. The summed E-state index contributed by atoms with van der Waals surface area (Å²) in [6.45, 7) is 4.63. The Morgan fingerprint density at radius 2 is 1.63 bits per heavy atom. The summed E-state index contributed by atoms with van der Waals surface area (Å²) >= 11 is 0. The minimum absolute atomic E-state index is 0.194. The molecule has 0 aliphatic carbocycles. The molecule has 0 radical (unpaired) electrons. The Morgan fingerprint density at radius 1 is 0.943 bits per heavy atom. The lowest BCUT2D eigenvalue weighted by Crippen LogP contribution is -2.51. The molecule has 0 unspecified atom stereocenters. The molecule has 0 saturated carbocycles. The van der Waals surface area contributed by atoms with Gasteiger partial charge in [-0.15, -0.1) is 0 Å². The van der Waals surface area contributed by atoms with Gasteiger partial charge in [0.1, 0.15) is 18.1 Å². The van der Waals surface area contributed by atoms with Gasteiger partial charge in [-0.1, -0.05) is 54.6 Å². The molecule has 0 fully saturated rings. The highest BCUT2D eigenvalue weighted by molar-refractivity contribution is 5.65. The Labute approximate surface area is 206 Å². The molecule has 3 rings (SSSR count). The van der Waals surface area contributed by atoms with Crippen molar-refractivity contribution in [3.05, 3.63) is 95.6 Å². The van der Waals surface area contributed by atoms with Crippen molar-refractivity contribution in [3.8, 4) is 11.5 Å². The molecule has 2 atom stereocenters. The van der Waals surface area contributed by atoms with Crippen LogP contribution in [0.1, 0.15) is 30.5 Å². The zero-order chi connectivity index (χ0) is 25.3. The van der Waals surface area contributed by atoms with Crippen LogP contribution in [0.15, 0.2) is 78.9 Å². The number of aliphatic hydroxyl groups is 1. The van der Waals surface area contributed by atoms with Crippen LogP contribution in [-0.4, -0.2) is 42.1 Å². The van der Waals surface area contributed by atoms with Crippen molar-refractivity contribution in [1.29, 1.82) is 0 Å². The molecule has 0 saturated heterocycles. The number of nitrogens with one attached hydrogen (secondary N) is 2. The van der Waals surface area contributed by atoms with Crippen LogP contribution in [0.5, 0.6) is 11.5 Å². The summed E-state index contributed by atoms with van der Waals surface area (Å²) in [6.07, 6.45) is -1.82. The van der Waals surface area contributed by atoms with Crippen molar-refractivity contribution in [1.82, 2.24) is 10.6 Å². The number of carbonyl (C=O) groups is 1. The number of aliphatic hydroxyl groups excluding tert-OH is 1. The molecule has 0 bridgehead atoms. The summed E-state index contributed by atoms with van der Waals surface area (Å²) < 4.78 is 11.2. The van der Waals surface area contributed by atoms with E-state index in [1.807, 2.05) is 92.7 Å². The summed E-state index contributed by atoms with van der Waals surface area (Å²) in [4.78, 5) is 11.4. The predicted molar refractivity (Wildman–Crippen MR) is 136 cm³/mol. The zero-order valence-electron chi connectivity index (χ0n) is 20.4. The molecule has 3 aromatic rings. The summed E-state index contributed by atoms with van der Waals surface area (Å²) in [6, 6.07) is 24.4. The van der Waals surface area contributed by atoms with E-state index in [2.05, 4.69) is 10.6 Å². The van der Waals surface area contributed by atoms with Crippen LogP contribution >= 0.6 is 0 Å². The SMILES string of the molecule is COc1cccc(C(C)(C)NC[C@@H](O)[C@H](Cc2cccc(OCc3ccccc3)c2)NC(=O)O)c1. The molecule has 0 spiro atoms. The number of rotatable bonds is 12. The van der Waals surface area contributed by atoms with E-state index < -0.39 is 23.8 Å². The molecule has 0 aliphatic rings. The van der Waals surface area contributed by atoms with Gasteiger partial charge in [-0.25, -0.2) is 4.79 Å². The maximum Gasteiger partial charge on any atom is 0.404 e. The fourth-order valence-corrected chi connectivity index (χ4v) is 3.81. The molecule has 0 heterocycles. The average molecular weight is 479 g/mol. The lowest BCUT2D eigenvalue weighted by Gasteiger charge is -2.31. The van der Waals surface area contributed by atoms with Gasteiger partial charge in [-0.05, 0) is 61.2 Å². The van der Waals surface area contributed by atoms with Crippen LogP contribution in [0.4, 0.5) is 4.79 Å². The first-order valence-corrected chi connectivity index (χ1v) is 11.6. The number of amides is 1. The largest absolute Gasteiger partial charge is 0.497 e. The minimum atomic E-state index is -1.18. The van der Waals surface area contributed by atoms with E-state index in [1.54, 1.807) is 7.11 Å². The highest BCUT2D eigenvalue weighted by Gasteiger charge is 2.26. The maximum absolute atomic E-state index is 11.4. The number of ether oxygens (including phenoxy) is 2. The molecule has 7 heteroatoms. The molecule has 0 aliphatic heterocycles. The number of methoxy groups -OCH3 is 1. The number of hydrogen-bond donors (Lipinski definition) is 4. The highest BCUT2D eigenvalue weighted by atomic mass is 16.5. The summed E-state index contributed by atoms with van der Waals surface area (Å²) in [7, 11) is 1.62. The summed E-state index contributed by atoms with van der Waals surface area (Å²) in [5, 5.41) is 26.1. The second-order valence-corrected chi connectivity index (χ2v) is 8.99. The van der Waals surface area contributed by atoms with Gasteiger partial charge in [0.2, 0.25) is 0 Å². The van der Waals surface area contributed by atoms with Gasteiger partial charge in [0.05, 0.1) is 19.3 Å². The average Bonchev–Trinajstić information content (AvgIpc) is 2.86. The van der Waals surface area contributed by atoms with Crippen LogP contribution < -0.4 is 20.1 Å². The lowest BCUT2D eigenvalue weighted by molar-refractivity contribution is 0.110. The summed E-state index contributed by atoms with van der Waals surface area (Å²) in [5.74, 6) is 1.44. The molecule has 4 N–H and O–H groups in total. The standard InChI is InChI=1S/C28H34N2O5/c1-28(2,22-12-8-13-23(17-22)34-3)29-18-26(31)25(30-27(32)33)16-21-11-7-14-24(15-21)35-19-20-9-5-4-6-10-20/h4-15,17,25-26,29-31H,16,18-19H2,1-3H3,(H,32,33)/t25-,26+/m0/s1. The molecule has 3 aromatic carbocycles. The van der Waals surface area contributed by atoms with Crippen molar-refractivity contribution in [3.63, 3.8) is 0 Å². The Hall–Kier alpha value is -3.55. The smallest absolute Gasteiger partial charge is 0.404 e. The molecule has 0 aromatic heterocycles. The van der Waals surface area contributed by atoms with Gasteiger partial charge in [-0.3, -0.25) is 0 Å². The van der Waals surface area contributed by atoms with Gasteiger partial charge in [0.15, 0.2) is 0 Å². The highest BCUT2D eigenvalue weighted by Crippen LogP contribution is 2.24. The molecular formula is C28H34N2O5. The van der Waals surface area contributed by atoms with Gasteiger partial charge < -0.3 is 30.3 Å². The van der Waals surface area contributed by atoms with Crippen molar-refractivity contribution in [2.24, 2.45) is 0 Å². The third-order valence-corrected chi connectivity index (χ3v) is 5.92. The van der Waals surface area contributed by atoms with Crippen LogP contribution in [0.2, 0.25) is 0 Å². The van der Waals surface area contributed by atoms with Gasteiger partial charge >= 0.3 is 6.09 Å². The van der Waals surface area contributed by atoms with Gasteiger partial charge in [0.25, 0.3) is 0 Å². The zero-order valence-corrected chi connectivity index (χ0v) is 20.4. The maximum atomic E-state index is 11.4. The normalized spacial score (nSPS) is 13.0. The first kappa shape index (κ1) is 26.1. The number of carboxylic acid groups (broad SMARTS) is 1. The topological polar surface area (TPSA) is 100 Å². The second-order valence-electron chi connectivity index (χ2n) is 8.99. The third-order valence-electron chi connectivity index (χ3n) is 5.92. The van der Waals surface area contributed by atoms with Crippen LogP contribution in [0.3, 0.4) is 0 Å². The summed E-state index contributed by atoms with van der Waals surface area (Å²) in [5.41, 5.74) is 2.45. The molecule has 7 nitrogen and oxygen atoms in total. The Morgan fingerprint density at radius 3 is 2.34 bits per heavy atom. The van der Waals surface area contributed by atoms with Gasteiger partial charge in [-0.2, -0.15) is 0 Å². The van der Waals surface area contributed by atoms with Crippen molar-refractivity contribution >= 4 is 6.09 Å². The quantitative estimate of drug-likeness (QED) is 0.309. The van der Waals surface area contributed by atoms with Crippen LogP contribution in [0.25, 0.3) is 0 Å². The Kier molecular flexibility index (Phi) is 9.11. The fourth-order valence-electron chi connectivity index (χ4n) is 3.81. The number of benzene rings is 3. The predicted octanol–water partition coefficient (Wildman–Crippen LogP) is 4.34. The second kappa shape index (κ2) is 12.2. The van der Waals surface area contributed by atoms with E-state index in [1.165, 1.54) is 0 Å². The van der Waals surface area contributed by atoms with Crippen molar-refractivity contribution < 1.29 is 24.5 Å². The van der Waals surface area contributed by atoms with E-state index in [0.717, 1.165) is 22.4 Å². The first-order chi connectivity index (χ1) is 16.8. The van der Waals surface area contributed by atoms with Crippen molar-refractivity contribution in [2.75, 3.05) is 13.7 Å². The van der Waals surface area contributed by atoms with E-state index in [4.69, 9.17) is 9.47 Å².